The van der Waals surface area contributed by atoms with E-state index in [2.05, 4.69) is 5.32 Å². The summed E-state index contributed by atoms with van der Waals surface area (Å²) >= 11 is 0. The van der Waals surface area contributed by atoms with Crippen LogP contribution in [0.4, 0.5) is 15.5 Å². The van der Waals surface area contributed by atoms with Crippen LogP contribution in [0.25, 0.3) is 0 Å². The summed E-state index contributed by atoms with van der Waals surface area (Å²) in [4.78, 5) is 44.6. The van der Waals surface area contributed by atoms with Gasteiger partial charge in [0, 0.05) is 41.4 Å². The van der Waals surface area contributed by atoms with E-state index in [1.165, 1.54) is 0 Å². The molecule has 2 aliphatic heterocycles. The molecule has 3 amide bonds. The number of carbonyl (C=O) groups excluding carboxylic acids is 3. The van der Waals surface area contributed by atoms with Crippen LogP contribution in [-0.2, 0) is 33.0 Å². The third-order valence-corrected chi connectivity index (χ3v) is 12.2. The molecule has 1 fully saturated rings. The van der Waals surface area contributed by atoms with Gasteiger partial charge in [-0.2, -0.15) is 0 Å². The van der Waals surface area contributed by atoms with Crippen molar-refractivity contribution in [3.8, 4) is 0 Å². The van der Waals surface area contributed by atoms with Crippen LogP contribution < -0.4 is 10.2 Å². The second-order valence-electron chi connectivity index (χ2n) is 13.4. The molecule has 1 saturated heterocycles. The Bertz CT molecular complexity index is 1820. The van der Waals surface area contributed by atoms with Crippen molar-refractivity contribution in [1.82, 2.24) is 4.90 Å². The molecule has 2 aliphatic rings. The first-order chi connectivity index (χ1) is 23.5. The minimum Gasteiger partial charge on any atom is -0.395 e. The highest BCUT2D eigenvalue weighted by Crippen LogP contribution is 2.60. The Kier molecular flexibility index (Phi) is 9.83. The van der Waals surface area contributed by atoms with E-state index in [1.807, 2.05) is 85.8 Å². The molecule has 0 aromatic heterocycles. The summed E-state index contributed by atoms with van der Waals surface area (Å²) in [5.74, 6) is -1.35. The first-order valence-electron chi connectivity index (χ1n) is 16.7. The van der Waals surface area contributed by atoms with Crippen molar-refractivity contribution in [2.24, 2.45) is 5.92 Å². The van der Waals surface area contributed by atoms with Crippen molar-refractivity contribution in [3.05, 3.63) is 131 Å². The van der Waals surface area contributed by atoms with E-state index in [0.717, 1.165) is 11.1 Å². The number of benzene rings is 4. The normalized spacial score (nSPS) is 21.5. The predicted octanol–water partition coefficient (Wildman–Crippen LogP) is 6.67. The third-order valence-electron chi connectivity index (χ3n) is 9.74. The molecule has 6 rings (SSSR count). The molecule has 2 N–H and O–H groups in total. The molecule has 4 aromatic rings. The summed E-state index contributed by atoms with van der Waals surface area (Å²) in [6, 6.07) is 33.2. The first-order valence-corrected chi connectivity index (χ1v) is 19.6. The second-order valence-corrected chi connectivity index (χ2v) is 17.2. The number of hydrogen-bond acceptors (Lipinski definition) is 5. The molecule has 10 heteroatoms. The molecule has 4 aromatic carbocycles. The molecule has 8 nitrogen and oxygen atoms in total. The number of fused-ring (bicyclic) bond motifs is 2. The number of aliphatic hydroxyl groups is 1. The van der Waals surface area contributed by atoms with Crippen LogP contribution in [0.1, 0.15) is 40.4 Å². The number of rotatable bonds is 11. The van der Waals surface area contributed by atoms with Gasteiger partial charge in [-0.05, 0) is 54.6 Å². The molecule has 1 spiro atoms. The predicted molar refractivity (Wildman–Crippen MR) is 190 cm³/mol. The van der Waals surface area contributed by atoms with Gasteiger partial charge in [0.25, 0.3) is 11.8 Å². The van der Waals surface area contributed by atoms with Gasteiger partial charge in [-0.3, -0.25) is 14.4 Å². The lowest BCUT2D eigenvalue weighted by Crippen LogP contribution is -2.45. The van der Waals surface area contributed by atoms with E-state index in [4.69, 9.17) is 4.74 Å². The maximum Gasteiger partial charge on any atom is 0.264 e. The number of carbonyl (C=O) groups is 3. The van der Waals surface area contributed by atoms with Crippen molar-refractivity contribution in [2.75, 3.05) is 23.4 Å². The molecule has 0 saturated carbocycles. The molecular weight excluding hydrogens is 638 g/mol. The van der Waals surface area contributed by atoms with E-state index >= 15 is 4.11 Å². The maximum atomic E-state index is 16.3. The number of anilines is 2. The Morgan fingerprint density at radius 2 is 1.59 bits per heavy atom. The van der Waals surface area contributed by atoms with E-state index in [-0.39, 0.29) is 43.8 Å². The van der Waals surface area contributed by atoms with Crippen LogP contribution in [0.15, 0.2) is 109 Å². The summed E-state index contributed by atoms with van der Waals surface area (Å²) in [7, 11) is -3.49. The third kappa shape index (κ3) is 6.81. The summed E-state index contributed by atoms with van der Waals surface area (Å²) in [5, 5.41) is 12.7. The molecule has 0 aliphatic carbocycles. The number of amides is 3. The molecule has 4 atom stereocenters. The van der Waals surface area contributed by atoms with E-state index < -0.39 is 31.6 Å². The van der Waals surface area contributed by atoms with Crippen molar-refractivity contribution < 1.29 is 28.3 Å². The molecule has 49 heavy (non-hydrogen) atoms. The minimum atomic E-state index is -3.49. The fourth-order valence-corrected chi connectivity index (χ4v) is 10.1. The van der Waals surface area contributed by atoms with Crippen LogP contribution in [-0.4, -0.2) is 55.4 Å². The summed E-state index contributed by atoms with van der Waals surface area (Å²) < 4.78 is 23.1. The average Bonchev–Trinajstić information content (AvgIpc) is 3.51. The Morgan fingerprint density at radius 1 is 0.939 bits per heavy atom. The highest BCUT2D eigenvalue weighted by Gasteiger charge is 2.67. The Labute approximate surface area is 287 Å². The standard InChI is InChI=1S/C39H42FN3O5Si/c1-27-36(49(2,3)40)34(24-35(45)42(21-22-44)25-28-13-6-4-7-14-28)48-39(27)32-19-10-11-20-33(32)43(38(39)47)26-29-15-12-18-31(23-29)41-37(46)30-16-8-5-9-17-30/h4-20,23,27,34,36,44H,21-22,24-26H2,1-3H3,(H,41,46)/t27-,34+,36-,39+/m0/s1. The quantitative estimate of drug-likeness (QED) is 0.136. The van der Waals surface area contributed by atoms with Crippen molar-refractivity contribution in [1.29, 1.82) is 0 Å². The average molecular weight is 680 g/mol. The van der Waals surface area contributed by atoms with Gasteiger partial charge in [0.15, 0.2) is 5.60 Å². The van der Waals surface area contributed by atoms with E-state index in [9.17, 15) is 19.5 Å². The number of nitrogens with one attached hydrogen (secondary N) is 1. The Hall–Kier alpha value is -4.64. The largest absolute Gasteiger partial charge is 0.395 e. The van der Waals surface area contributed by atoms with Crippen LogP contribution in [0.2, 0.25) is 18.6 Å². The van der Waals surface area contributed by atoms with Gasteiger partial charge in [0.2, 0.25) is 14.3 Å². The highest BCUT2D eigenvalue weighted by molar-refractivity contribution is 6.72. The zero-order valence-electron chi connectivity index (χ0n) is 28.0. The molecular formula is C39H42FN3O5Si. The molecule has 0 unspecified atom stereocenters. The van der Waals surface area contributed by atoms with Gasteiger partial charge in [-0.1, -0.05) is 85.8 Å². The topological polar surface area (TPSA) is 99.2 Å². The van der Waals surface area contributed by atoms with Crippen LogP contribution >= 0.6 is 0 Å². The highest BCUT2D eigenvalue weighted by atomic mass is 28.4. The molecule has 0 radical (unpaired) electrons. The monoisotopic (exact) mass is 679 g/mol. The van der Waals surface area contributed by atoms with Crippen LogP contribution in [0.3, 0.4) is 0 Å². The lowest BCUT2D eigenvalue weighted by Gasteiger charge is -2.31. The zero-order valence-corrected chi connectivity index (χ0v) is 29.0. The van der Waals surface area contributed by atoms with E-state index in [1.54, 1.807) is 53.2 Å². The number of aliphatic hydroxyl groups excluding tert-OH is 1. The SMILES string of the molecule is C[C@H]1[C@H]([Si](C)(C)F)[C@@H](CC(=O)N(CCO)Cc2ccccc2)O[C@]12C(=O)N(Cc1cccc(NC(=O)c3ccccc3)c1)c1ccccc12. The summed E-state index contributed by atoms with van der Waals surface area (Å²) in [5.41, 5.74) is 2.06. The number of hydrogen-bond donors (Lipinski definition) is 2. The van der Waals surface area contributed by atoms with Crippen molar-refractivity contribution in [3.63, 3.8) is 0 Å². The van der Waals surface area contributed by atoms with Gasteiger partial charge < -0.3 is 29.1 Å². The number of nitrogens with zero attached hydrogens (tertiary/aromatic N) is 2. The smallest absolute Gasteiger partial charge is 0.264 e. The molecule has 2 heterocycles. The fourth-order valence-electron chi connectivity index (χ4n) is 7.60. The lowest BCUT2D eigenvalue weighted by atomic mass is 9.82. The lowest BCUT2D eigenvalue weighted by molar-refractivity contribution is -0.150. The minimum absolute atomic E-state index is 0.109. The van der Waals surface area contributed by atoms with Gasteiger partial charge >= 0.3 is 0 Å². The maximum absolute atomic E-state index is 16.3. The molecule has 254 valence electrons. The van der Waals surface area contributed by atoms with Gasteiger partial charge in [-0.25, -0.2) is 0 Å². The Morgan fingerprint density at radius 3 is 2.29 bits per heavy atom. The summed E-state index contributed by atoms with van der Waals surface area (Å²) in [6.45, 7) is 5.52. The first kappa shape index (κ1) is 34.2. The zero-order chi connectivity index (χ0) is 34.8. The number of para-hydroxylation sites is 1. The van der Waals surface area contributed by atoms with Gasteiger partial charge in [-0.15, -0.1) is 0 Å². The van der Waals surface area contributed by atoms with Crippen molar-refractivity contribution >= 4 is 37.5 Å². The fraction of sp³-hybridized carbons (Fsp3) is 0.308. The number of halogens is 1. The van der Waals surface area contributed by atoms with Gasteiger partial charge in [0.1, 0.15) is 0 Å². The number of ether oxygens (including phenoxy) is 1. The second kappa shape index (κ2) is 14.1. The Balaban J connectivity index is 1.28. The summed E-state index contributed by atoms with van der Waals surface area (Å²) in [6.07, 6.45) is -0.942. The van der Waals surface area contributed by atoms with Crippen LogP contribution in [0.5, 0.6) is 0 Å². The van der Waals surface area contributed by atoms with Gasteiger partial charge in [0.05, 0.1) is 31.4 Å². The van der Waals surface area contributed by atoms with Crippen LogP contribution in [0, 0.1) is 5.92 Å². The molecule has 0 bridgehead atoms. The van der Waals surface area contributed by atoms with E-state index in [0.29, 0.717) is 29.0 Å². The van der Waals surface area contributed by atoms with Crippen molar-refractivity contribution in [2.45, 2.75) is 56.8 Å².